The first kappa shape index (κ1) is 16.8. The first-order valence-corrected chi connectivity index (χ1v) is 8.56. The molecule has 0 bridgehead atoms. The van der Waals surface area contributed by atoms with E-state index >= 15 is 0 Å². The quantitative estimate of drug-likeness (QED) is 0.868. The minimum Gasteiger partial charge on any atom is -0.394 e. The SMILES string of the molecule is CN(C)CCNc1c(N)c(N2CCN(C)CC2)nc2ccccc12. The number of para-hydroxylation sites is 1. The number of nitrogens with zero attached hydrogens (tertiary/aromatic N) is 4. The van der Waals surface area contributed by atoms with Crippen molar-refractivity contribution in [3.8, 4) is 0 Å². The van der Waals surface area contributed by atoms with Gasteiger partial charge < -0.3 is 25.8 Å². The fourth-order valence-electron chi connectivity index (χ4n) is 3.07. The molecule has 1 saturated heterocycles. The fraction of sp³-hybridized carbons (Fsp3) is 0.500. The number of hydrogen-bond donors (Lipinski definition) is 2. The molecule has 6 heteroatoms. The average molecular weight is 328 g/mol. The van der Waals surface area contributed by atoms with Gasteiger partial charge in [0.25, 0.3) is 0 Å². The van der Waals surface area contributed by atoms with Gasteiger partial charge in [0.15, 0.2) is 5.82 Å². The molecule has 24 heavy (non-hydrogen) atoms. The maximum Gasteiger partial charge on any atom is 0.154 e. The Hall–Kier alpha value is -2.05. The van der Waals surface area contributed by atoms with E-state index in [0.717, 1.165) is 67.4 Å². The number of nitrogens with one attached hydrogen (secondary N) is 1. The highest BCUT2D eigenvalue weighted by atomic mass is 15.3. The second kappa shape index (κ2) is 7.23. The van der Waals surface area contributed by atoms with Gasteiger partial charge >= 0.3 is 0 Å². The number of aromatic nitrogens is 1. The molecule has 0 saturated carbocycles. The molecule has 2 aromatic rings. The normalized spacial score (nSPS) is 16.1. The Balaban J connectivity index is 1.96. The summed E-state index contributed by atoms with van der Waals surface area (Å²) in [6.45, 7) is 5.81. The van der Waals surface area contributed by atoms with Crippen LogP contribution in [0.25, 0.3) is 10.9 Å². The van der Waals surface area contributed by atoms with Crippen molar-refractivity contribution >= 4 is 28.1 Å². The van der Waals surface area contributed by atoms with E-state index in [1.54, 1.807) is 0 Å². The third-order valence-corrected chi connectivity index (χ3v) is 4.57. The van der Waals surface area contributed by atoms with E-state index in [4.69, 9.17) is 10.7 Å². The summed E-state index contributed by atoms with van der Waals surface area (Å²) < 4.78 is 0. The first-order chi connectivity index (χ1) is 11.6. The molecular weight excluding hydrogens is 300 g/mol. The van der Waals surface area contributed by atoms with Crippen LogP contribution in [0.2, 0.25) is 0 Å². The van der Waals surface area contributed by atoms with Gasteiger partial charge in [0, 0.05) is 44.7 Å². The van der Waals surface area contributed by atoms with Gasteiger partial charge in [0.1, 0.15) is 0 Å². The Morgan fingerprint density at radius 3 is 2.58 bits per heavy atom. The monoisotopic (exact) mass is 328 g/mol. The van der Waals surface area contributed by atoms with Gasteiger partial charge in [-0.2, -0.15) is 0 Å². The highest BCUT2D eigenvalue weighted by Crippen LogP contribution is 2.35. The molecular formula is C18H28N6. The smallest absolute Gasteiger partial charge is 0.154 e. The number of rotatable bonds is 5. The summed E-state index contributed by atoms with van der Waals surface area (Å²) in [4.78, 5) is 11.7. The van der Waals surface area contributed by atoms with Crippen LogP contribution in [-0.4, -0.2) is 75.2 Å². The Bertz CT molecular complexity index is 691. The van der Waals surface area contributed by atoms with Gasteiger partial charge in [-0.25, -0.2) is 4.98 Å². The summed E-state index contributed by atoms with van der Waals surface area (Å²) in [5, 5.41) is 4.62. The predicted octanol–water partition coefficient (Wildman–Crippen LogP) is 1.54. The number of benzene rings is 1. The summed E-state index contributed by atoms with van der Waals surface area (Å²) >= 11 is 0. The molecule has 1 aliphatic rings. The van der Waals surface area contributed by atoms with Gasteiger partial charge in [0.05, 0.1) is 16.9 Å². The molecule has 3 rings (SSSR count). The lowest BCUT2D eigenvalue weighted by Gasteiger charge is -2.34. The molecule has 6 nitrogen and oxygen atoms in total. The Morgan fingerprint density at radius 1 is 1.17 bits per heavy atom. The maximum absolute atomic E-state index is 6.54. The summed E-state index contributed by atoms with van der Waals surface area (Å²) in [5.41, 5.74) is 9.30. The first-order valence-electron chi connectivity index (χ1n) is 8.56. The van der Waals surface area contributed by atoms with Crippen molar-refractivity contribution in [1.82, 2.24) is 14.8 Å². The molecule has 1 aromatic heterocycles. The molecule has 0 radical (unpaired) electrons. The molecule has 1 aliphatic heterocycles. The van der Waals surface area contributed by atoms with Crippen LogP contribution in [0.5, 0.6) is 0 Å². The number of hydrogen-bond acceptors (Lipinski definition) is 6. The highest BCUT2D eigenvalue weighted by molar-refractivity contribution is 6.01. The van der Waals surface area contributed by atoms with Gasteiger partial charge in [-0.3, -0.25) is 0 Å². The number of fused-ring (bicyclic) bond motifs is 1. The van der Waals surface area contributed by atoms with Crippen molar-refractivity contribution < 1.29 is 0 Å². The van der Waals surface area contributed by atoms with Crippen LogP contribution in [0.3, 0.4) is 0 Å². The standard InChI is InChI=1S/C18H28N6/c1-22(2)9-8-20-17-14-6-4-5-7-15(14)21-18(16(17)19)24-12-10-23(3)11-13-24/h4-7H,8-13,19H2,1-3H3,(H,20,21). The summed E-state index contributed by atoms with van der Waals surface area (Å²) in [7, 11) is 6.31. The zero-order valence-corrected chi connectivity index (χ0v) is 14.9. The van der Waals surface area contributed by atoms with E-state index in [2.05, 4.69) is 53.3 Å². The second-order valence-electron chi connectivity index (χ2n) is 6.76. The fourth-order valence-corrected chi connectivity index (χ4v) is 3.07. The van der Waals surface area contributed by atoms with Crippen molar-refractivity contribution in [2.24, 2.45) is 0 Å². The summed E-state index contributed by atoms with van der Waals surface area (Å²) in [6.07, 6.45) is 0. The number of pyridine rings is 1. The van der Waals surface area contributed by atoms with E-state index in [0.29, 0.717) is 0 Å². The lowest BCUT2D eigenvalue weighted by Crippen LogP contribution is -2.45. The minimum atomic E-state index is 0.761. The van der Waals surface area contributed by atoms with Crippen LogP contribution < -0.4 is 16.0 Å². The van der Waals surface area contributed by atoms with Crippen LogP contribution in [0.4, 0.5) is 17.2 Å². The van der Waals surface area contributed by atoms with E-state index in [-0.39, 0.29) is 0 Å². The number of anilines is 3. The maximum atomic E-state index is 6.54. The van der Waals surface area contributed by atoms with Crippen molar-refractivity contribution in [1.29, 1.82) is 0 Å². The van der Waals surface area contributed by atoms with Crippen LogP contribution in [0.1, 0.15) is 0 Å². The Kier molecular flexibility index (Phi) is 5.06. The molecule has 0 amide bonds. The number of nitrogens with two attached hydrogens (primary N) is 1. The lowest BCUT2D eigenvalue weighted by molar-refractivity contribution is 0.312. The zero-order chi connectivity index (χ0) is 17.1. The second-order valence-corrected chi connectivity index (χ2v) is 6.76. The van der Waals surface area contributed by atoms with E-state index in [1.807, 2.05) is 12.1 Å². The molecule has 0 unspecified atom stereocenters. The van der Waals surface area contributed by atoms with Crippen LogP contribution in [0.15, 0.2) is 24.3 Å². The van der Waals surface area contributed by atoms with Gasteiger partial charge in [-0.15, -0.1) is 0 Å². The van der Waals surface area contributed by atoms with Crippen molar-refractivity contribution in [2.75, 3.05) is 76.4 Å². The summed E-state index contributed by atoms with van der Waals surface area (Å²) in [6, 6.07) is 8.22. The van der Waals surface area contributed by atoms with Crippen LogP contribution >= 0.6 is 0 Å². The van der Waals surface area contributed by atoms with Crippen molar-refractivity contribution in [2.45, 2.75) is 0 Å². The molecule has 0 aliphatic carbocycles. The van der Waals surface area contributed by atoms with E-state index < -0.39 is 0 Å². The third-order valence-electron chi connectivity index (χ3n) is 4.57. The Labute approximate surface area is 144 Å². The van der Waals surface area contributed by atoms with Gasteiger partial charge in [-0.05, 0) is 27.2 Å². The molecule has 1 aromatic carbocycles. The Morgan fingerprint density at radius 2 is 1.88 bits per heavy atom. The molecule has 1 fully saturated rings. The minimum absolute atomic E-state index is 0.761. The molecule has 3 N–H and O–H groups in total. The molecule has 0 atom stereocenters. The van der Waals surface area contributed by atoms with E-state index in [1.165, 1.54) is 0 Å². The van der Waals surface area contributed by atoms with E-state index in [9.17, 15) is 0 Å². The zero-order valence-electron chi connectivity index (χ0n) is 14.9. The van der Waals surface area contributed by atoms with Crippen LogP contribution in [0, 0.1) is 0 Å². The topological polar surface area (TPSA) is 60.7 Å². The largest absolute Gasteiger partial charge is 0.394 e. The lowest BCUT2D eigenvalue weighted by atomic mass is 10.1. The third kappa shape index (κ3) is 3.55. The number of nitrogen functional groups attached to an aromatic ring is 1. The highest BCUT2D eigenvalue weighted by Gasteiger charge is 2.21. The van der Waals surface area contributed by atoms with Crippen molar-refractivity contribution in [3.05, 3.63) is 24.3 Å². The van der Waals surface area contributed by atoms with Gasteiger partial charge in [-0.1, -0.05) is 18.2 Å². The number of likely N-dealkylation sites (N-methyl/N-ethyl adjacent to an activating group) is 2. The predicted molar refractivity (Wildman–Crippen MR) is 103 cm³/mol. The number of piperazine rings is 1. The molecule has 2 heterocycles. The summed E-state index contributed by atoms with van der Waals surface area (Å²) in [5.74, 6) is 0.911. The molecule has 0 spiro atoms. The average Bonchev–Trinajstić information content (AvgIpc) is 2.57. The van der Waals surface area contributed by atoms with Crippen LogP contribution in [-0.2, 0) is 0 Å². The van der Waals surface area contributed by atoms with Gasteiger partial charge in [0.2, 0.25) is 0 Å². The van der Waals surface area contributed by atoms with Crippen molar-refractivity contribution in [3.63, 3.8) is 0 Å². The molecule has 130 valence electrons.